The number of nitrogens with zero attached hydrogens (tertiary/aromatic N) is 3. The van der Waals surface area contributed by atoms with Crippen LogP contribution in [0.2, 0.25) is 0 Å². The van der Waals surface area contributed by atoms with E-state index in [0.717, 1.165) is 11.3 Å². The van der Waals surface area contributed by atoms with Gasteiger partial charge in [0.05, 0.1) is 11.4 Å². The number of carbonyl (C=O) groups excluding carboxylic acids is 2. The molecule has 0 atom stereocenters. The Morgan fingerprint density at radius 2 is 1.91 bits per heavy atom. The number of rotatable bonds is 4. The van der Waals surface area contributed by atoms with Crippen LogP contribution in [0.5, 0.6) is 0 Å². The lowest BCUT2D eigenvalue weighted by atomic mass is 10.0. The molecule has 1 aliphatic heterocycles. The Balaban J connectivity index is 2.14. The molecule has 0 aromatic heterocycles. The van der Waals surface area contributed by atoms with E-state index in [2.05, 4.69) is 20.8 Å². The lowest BCUT2D eigenvalue weighted by Gasteiger charge is -2.11. The molecule has 0 fully saturated rings. The van der Waals surface area contributed by atoms with Crippen molar-refractivity contribution in [3.8, 4) is 0 Å². The number of ketones is 1. The van der Waals surface area contributed by atoms with Crippen molar-refractivity contribution in [2.75, 3.05) is 0 Å². The van der Waals surface area contributed by atoms with Gasteiger partial charge in [0.1, 0.15) is 5.76 Å². The van der Waals surface area contributed by atoms with Crippen LogP contribution in [-0.2, 0) is 9.59 Å². The minimum atomic E-state index is -0.354. The number of amides is 1. The van der Waals surface area contributed by atoms with Gasteiger partial charge in [-0.25, -0.2) is 5.43 Å². The molecule has 1 aromatic rings. The number of nitrogens with one attached hydrogen (secondary N) is 1. The summed E-state index contributed by atoms with van der Waals surface area (Å²) in [6.45, 7) is 2.70. The molecule has 0 saturated carbocycles. The predicted octanol–water partition coefficient (Wildman–Crippen LogP) is 2.76. The maximum atomic E-state index is 11.3. The summed E-state index contributed by atoms with van der Waals surface area (Å²) in [4.78, 5) is 22.3. The van der Waals surface area contributed by atoms with Crippen molar-refractivity contribution in [2.45, 2.75) is 26.7 Å². The summed E-state index contributed by atoms with van der Waals surface area (Å²) in [6.07, 6.45) is 1.01. The van der Waals surface area contributed by atoms with Crippen LogP contribution in [-0.4, -0.2) is 22.5 Å². The minimum absolute atomic E-state index is 0.0663. The standard InChI is InChI=1S/C15H16N4O3/c1-9(20)15(10(2)21)19-16-12-5-3-11(4-6-12)13-7-8-14(22)18-17-13/h3-6,20H,7-8H2,1-2H3,(H,18,22). The van der Waals surface area contributed by atoms with Crippen LogP contribution in [0.4, 0.5) is 5.69 Å². The molecular weight excluding hydrogens is 284 g/mol. The fraction of sp³-hybridized carbons (Fsp3) is 0.267. The third kappa shape index (κ3) is 3.85. The van der Waals surface area contributed by atoms with Crippen LogP contribution in [0.15, 0.2) is 51.1 Å². The number of hydrogen-bond donors (Lipinski definition) is 2. The third-order valence-electron chi connectivity index (χ3n) is 3.05. The number of allylic oxidation sites excluding steroid dienone is 2. The summed E-state index contributed by atoms with van der Waals surface area (Å²) in [7, 11) is 0. The molecule has 2 N–H and O–H groups in total. The summed E-state index contributed by atoms with van der Waals surface area (Å²) >= 11 is 0. The number of benzene rings is 1. The summed E-state index contributed by atoms with van der Waals surface area (Å²) in [5.74, 6) is -0.607. The maximum absolute atomic E-state index is 11.3. The Labute approximate surface area is 127 Å². The maximum Gasteiger partial charge on any atom is 0.240 e. The largest absolute Gasteiger partial charge is 0.510 e. The van der Waals surface area contributed by atoms with E-state index in [1.54, 1.807) is 12.1 Å². The molecule has 0 aliphatic carbocycles. The van der Waals surface area contributed by atoms with Gasteiger partial charge in [-0.1, -0.05) is 12.1 Å². The SMILES string of the molecule is CC(=O)C(N=Nc1ccc(C2=NNC(=O)CC2)cc1)=C(C)O. The van der Waals surface area contributed by atoms with E-state index in [9.17, 15) is 14.7 Å². The van der Waals surface area contributed by atoms with Gasteiger partial charge in [-0.15, -0.1) is 5.11 Å². The van der Waals surface area contributed by atoms with Crippen LogP contribution >= 0.6 is 0 Å². The van der Waals surface area contributed by atoms with Gasteiger partial charge in [-0.05, 0) is 24.6 Å². The van der Waals surface area contributed by atoms with E-state index in [1.807, 2.05) is 12.1 Å². The summed E-state index contributed by atoms with van der Waals surface area (Å²) < 4.78 is 0. The summed E-state index contributed by atoms with van der Waals surface area (Å²) in [6, 6.07) is 7.08. The van der Waals surface area contributed by atoms with E-state index >= 15 is 0 Å². The molecule has 7 heteroatoms. The molecule has 1 heterocycles. The second-order valence-electron chi connectivity index (χ2n) is 4.83. The smallest absolute Gasteiger partial charge is 0.240 e. The Morgan fingerprint density at radius 1 is 1.23 bits per heavy atom. The first-order valence-corrected chi connectivity index (χ1v) is 6.75. The van der Waals surface area contributed by atoms with Crippen LogP contribution in [0, 0.1) is 0 Å². The average Bonchev–Trinajstić information content (AvgIpc) is 2.48. The number of hydrazone groups is 1. The fourth-order valence-electron chi connectivity index (χ4n) is 1.91. The molecule has 0 radical (unpaired) electrons. The summed E-state index contributed by atoms with van der Waals surface area (Å²) in [5.41, 5.74) is 4.62. The first-order valence-electron chi connectivity index (χ1n) is 6.75. The number of hydrogen-bond acceptors (Lipinski definition) is 6. The van der Waals surface area contributed by atoms with Crippen molar-refractivity contribution in [1.29, 1.82) is 0 Å². The van der Waals surface area contributed by atoms with Crippen molar-refractivity contribution in [2.24, 2.45) is 15.3 Å². The van der Waals surface area contributed by atoms with Gasteiger partial charge < -0.3 is 5.11 Å². The Bertz CT molecular complexity index is 683. The van der Waals surface area contributed by atoms with Gasteiger partial charge in [0.2, 0.25) is 5.91 Å². The van der Waals surface area contributed by atoms with Crippen molar-refractivity contribution in [3.05, 3.63) is 41.3 Å². The van der Waals surface area contributed by atoms with E-state index in [4.69, 9.17) is 0 Å². The van der Waals surface area contributed by atoms with Gasteiger partial charge in [-0.3, -0.25) is 9.59 Å². The summed E-state index contributed by atoms with van der Waals surface area (Å²) in [5, 5.41) is 21.0. The molecule has 0 saturated heterocycles. The molecule has 22 heavy (non-hydrogen) atoms. The zero-order valence-electron chi connectivity index (χ0n) is 12.3. The first-order chi connectivity index (χ1) is 10.5. The molecule has 1 aliphatic rings. The quantitative estimate of drug-likeness (QED) is 0.507. The highest BCUT2D eigenvalue weighted by Crippen LogP contribution is 2.18. The lowest BCUT2D eigenvalue weighted by molar-refractivity contribution is -0.121. The monoisotopic (exact) mass is 300 g/mol. The number of Topliss-reactive ketones (excluding diaryl/α,β-unsaturated/α-hetero) is 1. The van der Waals surface area contributed by atoms with Crippen molar-refractivity contribution in [1.82, 2.24) is 5.43 Å². The van der Waals surface area contributed by atoms with Crippen LogP contribution in [0.1, 0.15) is 32.3 Å². The van der Waals surface area contributed by atoms with E-state index in [1.165, 1.54) is 13.8 Å². The molecule has 2 rings (SSSR count). The highest BCUT2D eigenvalue weighted by atomic mass is 16.3. The van der Waals surface area contributed by atoms with Gasteiger partial charge in [0.25, 0.3) is 0 Å². The highest BCUT2D eigenvalue weighted by Gasteiger charge is 2.13. The van der Waals surface area contributed by atoms with Crippen molar-refractivity contribution < 1.29 is 14.7 Å². The Hall–Kier alpha value is -2.83. The Morgan fingerprint density at radius 3 is 2.41 bits per heavy atom. The molecule has 114 valence electrons. The zero-order valence-corrected chi connectivity index (χ0v) is 12.3. The van der Waals surface area contributed by atoms with Gasteiger partial charge in [0, 0.05) is 19.8 Å². The minimum Gasteiger partial charge on any atom is -0.510 e. The molecule has 0 spiro atoms. The van der Waals surface area contributed by atoms with Crippen LogP contribution < -0.4 is 5.43 Å². The second kappa shape index (κ2) is 6.75. The molecule has 7 nitrogen and oxygen atoms in total. The zero-order chi connectivity index (χ0) is 16.1. The van der Waals surface area contributed by atoms with E-state index in [0.29, 0.717) is 18.5 Å². The normalized spacial score (nSPS) is 16.1. The molecule has 1 amide bonds. The number of carbonyl (C=O) groups is 2. The molecule has 0 unspecified atom stereocenters. The lowest BCUT2D eigenvalue weighted by Crippen LogP contribution is -2.25. The van der Waals surface area contributed by atoms with E-state index in [-0.39, 0.29) is 23.1 Å². The molecule has 1 aromatic carbocycles. The second-order valence-corrected chi connectivity index (χ2v) is 4.83. The Kier molecular flexibility index (Phi) is 4.77. The fourth-order valence-corrected chi connectivity index (χ4v) is 1.91. The first kappa shape index (κ1) is 15.6. The van der Waals surface area contributed by atoms with Crippen LogP contribution in [0.3, 0.4) is 0 Å². The topological polar surface area (TPSA) is 103 Å². The van der Waals surface area contributed by atoms with Gasteiger partial charge >= 0.3 is 0 Å². The molecular formula is C15H16N4O3. The average molecular weight is 300 g/mol. The molecule has 0 bridgehead atoms. The number of aliphatic hydroxyl groups is 1. The number of aliphatic hydroxyl groups excluding tert-OH is 1. The third-order valence-corrected chi connectivity index (χ3v) is 3.05. The van der Waals surface area contributed by atoms with Crippen molar-refractivity contribution in [3.63, 3.8) is 0 Å². The van der Waals surface area contributed by atoms with E-state index < -0.39 is 0 Å². The van der Waals surface area contributed by atoms with Crippen LogP contribution in [0.25, 0.3) is 0 Å². The van der Waals surface area contributed by atoms with Crippen molar-refractivity contribution >= 4 is 23.1 Å². The number of azo groups is 1. The highest BCUT2D eigenvalue weighted by molar-refractivity contribution is 6.04. The van der Waals surface area contributed by atoms with Gasteiger partial charge in [-0.2, -0.15) is 10.2 Å². The van der Waals surface area contributed by atoms with Gasteiger partial charge in [0.15, 0.2) is 11.5 Å². The predicted molar refractivity (Wildman–Crippen MR) is 80.9 cm³/mol.